The van der Waals surface area contributed by atoms with E-state index in [9.17, 15) is 4.79 Å². The molecule has 1 heterocycles. The minimum atomic E-state index is -0.206. The standard InChI is InChI=1S/C10H14N2O2S/c1-6(5-13)12-8-4-2-3-7(8)9(15)11-10(12)14/h6,13H,2-5H2,1H3,(H,11,14,15)/t6-/m1/s1. The number of hydrogen-bond acceptors (Lipinski definition) is 3. The lowest BCUT2D eigenvalue weighted by Crippen LogP contribution is -2.30. The van der Waals surface area contributed by atoms with Gasteiger partial charge in [-0.2, -0.15) is 0 Å². The number of nitrogens with zero attached hydrogens (tertiary/aromatic N) is 1. The molecule has 82 valence electrons. The number of aliphatic hydroxyl groups excluding tert-OH is 1. The molecule has 2 N–H and O–H groups in total. The Morgan fingerprint density at radius 2 is 2.33 bits per heavy atom. The molecule has 1 aliphatic rings. The van der Waals surface area contributed by atoms with Crippen molar-refractivity contribution in [2.24, 2.45) is 0 Å². The molecule has 0 bridgehead atoms. The van der Waals surface area contributed by atoms with Gasteiger partial charge in [-0.1, -0.05) is 12.2 Å². The van der Waals surface area contributed by atoms with Crippen LogP contribution in [0.4, 0.5) is 0 Å². The summed E-state index contributed by atoms with van der Waals surface area (Å²) >= 11 is 5.12. The molecule has 1 aromatic heterocycles. The first-order valence-electron chi connectivity index (χ1n) is 5.12. The zero-order valence-corrected chi connectivity index (χ0v) is 9.43. The third-order valence-electron chi connectivity index (χ3n) is 2.90. The van der Waals surface area contributed by atoms with Crippen molar-refractivity contribution in [1.29, 1.82) is 0 Å². The molecular weight excluding hydrogens is 212 g/mol. The van der Waals surface area contributed by atoms with E-state index in [1.165, 1.54) is 0 Å². The molecule has 2 rings (SSSR count). The fourth-order valence-electron chi connectivity index (χ4n) is 2.14. The van der Waals surface area contributed by atoms with Crippen LogP contribution in [0.15, 0.2) is 4.79 Å². The number of nitrogens with one attached hydrogen (secondary N) is 1. The fraction of sp³-hybridized carbons (Fsp3) is 0.600. The number of H-pyrrole nitrogens is 1. The maximum Gasteiger partial charge on any atom is 0.327 e. The van der Waals surface area contributed by atoms with Gasteiger partial charge in [-0.05, 0) is 26.2 Å². The van der Waals surface area contributed by atoms with Crippen molar-refractivity contribution >= 4 is 12.2 Å². The number of aromatic nitrogens is 2. The van der Waals surface area contributed by atoms with Crippen molar-refractivity contribution < 1.29 is 5.11 Å². The summed E-state index contributed by atoms with van der Waals surface area (Å²) in [5.41, 5.74) is 1.87. The Bertz CT molecular complexity index is 489. The van der Waals surface area contributed by atoms with Crippen LogP contribution in [0.5, 0.6) is 0 Å². The summed E-state index contributed by atoms with van der Waals surface area (Å²) in [6.45, 7) is 1.80. The van der Waals surface area contributed by atoms with Crippen molar-refractivity contribution in [3.63, 3.8) is 0 Å². The number of rotatable bonds is 2. The molecule has 5 heteroatoms. The number of aromatic amines is 1. The lowest BCUT2D eigenvalue weighted by molar-refractivity contribution is 0.232. The van der Waals surface area contributed by atoms with Crippen LogP contribution in [0.3, 0.4) is 0 Å². The van der Waals surface area contributed by atoms with Crippen LogP contribution in [-0.2, 0) is 12.8 Å². The molecule has 0 spiro atoms. The van der Waals surface area contributed by atoms with Gasteiger partial charge in [0.25, 0.3) is 0 Å². The monoisotopic (exact) mass is 226 g/mol. The van der Waals surface area contributed by atoms with Crippen molar-refractivity contribution in [3.05, 3.63) is 26.4 Å². The Hall–Kier alpha value is -0.940. The van der Waals surface area contributed by atoms with E-state index in [-0.39, 0.29) is 18.3 Å². The molecule has 0 radical (unpaired) electrons. The molecular formula is C10H14N2O2S. The maximum atomic E-state index is 11.7. The van der Waals surface area contributed by atoms with Gasteiger partial charge in [0, 0.05) is 11.3 Å². The summed E-state index contributed by atoms with van der Waals surface area (Å²) in [5.74, 6) is 0. The smallest absolute Gasteiger partial charge is 0.327 e. The van der Waals surface area contributed by atoms with Gasteiger partial charge < -0.3 is 5.11 Å². The van der Waals surface area contributed by atoms with Crippen molar-refractivity contribution in [1.82, 2.24) is 9.55 Å². The third-order valence-corrected chi connectivity index (χ3v) is 3.25. The fourth-order valence-corrected chi connectivity index (χ4v) is 2.45. The second-order valence-corrected chi connectivity index (χ2v) is 4.35. The van der Waals surface area contributed by atoms with E-state index in [1.54, 1.807) is 4.57 Å². The van der Waals surface area contributed by atoms with Gasteiger partial charge in [0.1, 0.15) is 4.64 Å². The lowest BCUT2D eigenvalue weighted by atomic mass is 10.2. The second-order valence-electron chi connectivity index (χ2n) is 3.94. The summed E-state index contributed by atoms with van der Waals surface area (Å²) in [6, 6.07) is -0.184. The van der Waals surface area contributed by atoms with Gasteiger partial charge in [-0.25, -0.2) is 4.79 Å². The average Bonchev–Trinajstić information content (AvgIpc) is 2.66. The highest BCUT2D eigenvalue weighted by Crippen LogP contribution is 2.22. The zero-order valence-electron chi connectivity index (χ0n) is 8.62. The van der Waals surface area contributed by atoms with Crippen molar-refractivity contribution in [2.75, 3.05) is 6.61 Å². The van der Waals surface area contributed by atoms with Gasteiger partial charge in [0.15, 0.2) is 0 Å². The van der Waals surface area contributed by atoms with E-state index in [2.05, 4.69) is 4.98 Å². The topological polar surface area (TPSA) is 58.0 Å². The van der Waals surface area contributed by atoms with Crippen molar-refractivity contribution in [3.8, 4) is 0 Å². The first-order valence-corrected chi connectivity index (χ1v) is 5.53. The predicted molar refractivity (Wildman–Crippen MR) is 59.7 cm³/mol. The summed E-state index contributed by atoms with van der Waals surface area (Å²) < 4.78 is 2.20. The van der Waals surface area contributed by atoms with Crippen LogP contribution in [0.25, 0.3) is 0 Å². The minimum Gasteiger partial charge on any atom is -0.394 e. The summed E-state index contributed by atoms with van der Waals surface area (Å²) in [7, 11) is 0. The molecule has 4 nitrogen and oxygen atoms in total. The van der Waals surface area contributed by atoms with Gasteiger partial charge in [-0.15, -0.1) is 0 Å². The highest BCUT2D eigenvalue weighted by molar-refractivity contribution is 7.71. The summed E-state index contributed by atoms with van der Waals surface area (Å²) in [4.78, 5) is 14.4. The molecule has 0 saturated carbocycles. The normalized spacial score (nSPS) is 16.4. The van der Waals surface area contributed by atoms with Crippen LogP contribution >= 0.6 is 12.2 Å². The Labute approximate surface area is 92.6 Å². The van der Waals surface area contributed by atoms with Crippen LogP contribution < -0.4 is 5.69 Å². The second kappa shape index (κ2) is 3.90. The SMILES string of the molecule is C[C@H](CO)n1c2c(c(=S)[nH]c1=O)CCC2. The molecule has 1 aliphatic carbocycles. The van der Waals surface area contributed by atoms with E-state index in [0.717, 1.165) is 30.5 Å². The average molecular weight is 226 g/mol. The van der Waals surface area contributed by atoms with E-state index in [4.69, 9.17) is 17.3 Å². The predicted octanol–water partition coefficient (Wildman–Crippen LogP) is 0.948. The third kappa shape index (κ3) is 1.66. The van der Waals surface area contributed by atoms with Crippen LogP contribution in [-0.4, -0.2) is 21.3 Å². The Balaban J connectivity index is 2.70. The zero-order chi connectivity index (χ0) is 11.0. The first kappa shape index (κ1) is 10.6. The highest BCUT2D eigenvalue weighted by Gasteiger charge is 2.20. The molecule has 1 atom stereocenters. The van der Waals surface area contributed by atoms with Crippen LogP contribution in [0.1, 0.15) is 30.6 Å². The largest absolute Gasteiger partial charge is 0.394 e. The number of hydrogen-bond donors (Lipinski definition) is 2. The minimum absolute atomic E-state index is 0.0308. The Morgan fingerprint density at radius 1 is 1.60 bits per heavy atom. The molecule has 1 aromatic rings. The highest BCUT2D eigenvalue weighted by atomic mass is 32.1. The summed E-state index contributed by atoms with van der Waals surface area (Å²) in [6.07, 6.45) is 2.85. The molecule has 0 unspecified atom stereocenters. The van der Waals surface area contributed by atoms with Gasteiger partial charge in [-0.3, -0.25) is 9.55 Å². The summed E-state index contributed by atoms with van der Waals surface area (Å²) in [5, 5.41) is 9.11. The lowest BCUT2D eigenvalue weighted by Gasteiger charge is -2.16. The van der Waals surface area contributed by atoms with E-state index in [0.29, 0.717) is 4.64 Å². The van der Waals surface area contributed by atoms with E-state index < -0.39 is 0 Å². The van der Waals surface area contributed by atoms with Gasteiger partial charge in [0.05, 0.1) is 12.6 Å². The molecule has 0 fully saturated rings. The Morgan fingerprint density at radius 3 is 3.00 bits per heavy atom. The van der Waals surface area contributed by atoms with Crippen molar-refractivity contribution in [2.45, 2.75) is 32.2 Å². The van der Waals surface area contributed by atoms with Crippen LogP contribution in [0, 0.1) is 4.64 Å². The first-order chi connectivity index (χ1) is 7.15. The molecule has 0 aliphatic heterocycles. The molecule has 0 amide bonds. The van der Waals surface area contributed by atoms with Gasteiger partial charge in [0.2, 0.25) is 0 Å². The number of aliphatic hydroxyl groups is 1. The number of fused-ring (bicyclic) bond motifs is 1. The quantitative estimate of drug-likeness (QED) is 0.738. The van der Waals surface area contributed by atoms with Crippen LogP contribution in [0.2, 0.25) is 0 Å². The molecule has 0 saturated heterocycles. The Kier molecular flexibility index (Phi) is 2.75. The molecule has 15 heavy (non-hydrogen) atoms. The van der Waals surface area contributed by atoms with E-state index in [1.807, 2.05) is 6.92 Å². The van der Waals surface area contributed by atoms with E-state index >= 15 is 0 Å². The maximum absolute atomic E-state index is 11.7. The molecule has 0 aromatic carbocycles. The van der Waals surface area contributed by atoms with Gasteiger partial charge >= 0.3 is 5.69 Å².